The molecule has 1 N–H and O–H groups in total. The van der Waals surface area contributed by atoms with Gasteiger partial charge in [0.05, 0.1) is 10.6 Å². The molecular weight excluding hydrogens is 273 g/mol. The topological polar surface area (TPSA) is 24.9 Å². The SMILES string of the molecule is CNC(Cc1nccs1)c1ccccc1C(F)(F)F. The summed E-state index contributed by atoms with van der Waals surface area (Å²) in [5.41, 5.74) is -0.335. The Balaban J connectivity index is 2.33. The molecule has 19 heavy (non-hydrogen) atoms. The Labute approximate surface area is 113 Å². The third kappa shape index (κ3) is 3.33. The summed E-state index contributed by atoms with van der Waals surface area (Å²) in [6.45, 7) is 0. The summed E-state index contributed by atoms with van der Waals surface area (Å²) in [5, 5.41) is 5.57. The smallest absolute Gasteiger partial charge is 0.313 e. The average Bonchev–Trinajstić information content (AvgIpc) is 2.88. The van der Waals surface area contributed by atoms with Crippen LogP contribution in [0.2, 0.25) is 0 Å². The van der Waals surface area contributed by atoms with Gasteiger partial charge in [-0.3, -0.25) is 0 Å². The first-order valence-corrected chi connectivity index (χ1v) is 6.62. The summed E-state index contributed by atoms with van der Waals surface area (Å²) in [6, 6.07) is 5.25. The van der Waals surface area contributed by atoms with Gasteiger partial charge in [-0.25, -0.2) is 4.98 Å². The van der Waals surface area contributed by atoms with Crippen LogP contribution in [-0.2, 0) is 12.6 Å². The maximum Gasteiger partial charge on any atom is 0.416 e. The molecule has 0 radical (unpaired) electrons. The Morgan fingerprint density at radius 2 is 2.05 bits per heavy atom. The van der Waals surface area contributed by atoms with E-state index in [0.717, 1.165) is 11.1 Å². The minimum Gasteiger partial charge on any atom is -0.313 e. The van der Waals surface area contributed by atoms with E-state index in [0.29, 0.717) is 6.42 Å². The molecule has 6 heteroatoms. The highest BCUT2D eigenvalue weighted by Crippen LogP contribution is 2.35. The largest absolute Gasteiger partial charge is 0.416 e. The van der Waals surface area contributed by atoms with Crippen LogP contribution in [0.4, 0.5) is 13.2 Å². The van der Waals surface area contributed by atoms with E-state index in [2.05, 4.69) is 10.3 Å². The molecule has 0 saturated carbocycles. The number of hydrogen-bond donors (Lipinski definition) is 1. The third-order valence-electron chi connectivity index (χ3n) is 2.85. The number of nitrogens with one attached hydrogen (secondary N) is 1. The molecule has 0 amide bonds. The minimum absolute atomic E-state index is 0.257. The van der Waals surface area contributed by atoms with Crippen LogP contribution in [-0.4, -0.2) is 12.0 Å². The second-order valence-corrected chi connectivity index (χ2v) is 5.04. The number of aromatic nitrogens is 1. The lowest BCUT2D eigenvalue weighted by Gasteiger charge is -2.20. The summed E-state index contributed by atoms with van der Waals surface area (Å²) in [7, 11) is 1.66. The molecule has 0 aliphatic heterocycles. The first kappa shape index (κ1) is 14.0. The van der Waals surface area contributed by atoms with Crippen molar-refractivity contribution in [2.24, 2.45) is 0 Å². The van der Waals surface area contributed by atoms with Gasteiger partial charge in [-0.1, -0.05) is 18.2 Å². The molecule has 0 fully saturated rings. The fourth-order valence-corrected chi connectivity index (χ4v) is 2.62. The number of alkyl halides is 3. The number of rotatable bonds is 4. The van der Waals surface area contributed by atoms with E-state index in [9.17, 15) is 13.2 Å². The van der Waals surface area contributed by atoms with E-state index in [1.807, 2.05) is 5.38 Å². The molecule has 0 saturated heterocycles. The van der Waals surface area contributed by atoms with Crippen LogP contribution in [0, 0.1) is 0 Å². The van der Waals surface area contributed by atoms with Crippen LogP contribution in [0.3, 0.4) is 0 Å². The summed E-state index contributed by atoms with van der Waals surface area (Å²) in [5.74, 6) is 0. The van der Waals surface area contributed by atoms with Crippen molar-refractivity contribution in [1.82, 2.24) is 10.3 Å². The van der Waals surface area contributed by atoms with Crippen LogP contribution in [0.25, 0.3) is 0 Å². The quantitative estimate of drug-likeness (QED) is 0.927. The van der Waals surface area contributed by atoms with Gasteiger partial charge in [0.15, 0.2) is 0 Å². The van der Waals surface area contributed by atoms with Gasteiger partial charge >= 0.3 is 6.18 Å². The van der Waals surface area contributed by atoms with Crippen molar-refractivity contribution in [1.29, 1.82) is 0 Å². The molecular formula is C13H13F3N2S. The summed E-state index contributed by atoms with van der Waals surface area (Å²) < 4.78 is 38.9. The van der Waals surface area contributed by atoms with E-state index in [1.54, 1.807) is 19.3 Å². The highest BCUT2D eigenvalue weighted by molar-refractivity contribution is 7.09. The fraction of sp³-hybridized carbons (Fsp3) is 0.308. The van der Waals surface area contributed by atoms with Gasteiger partial charge in [0.2, 0.25) is 0 Å². The zero-order valence-corrected chi connectivity index (χ0v) is 11.1. The number of thiazole rings is 1. The molecule has 102 valence electrons. The van der Waals surface area contributed by atoms with Crippen LogP contribution in [0.1, 0.15) is 22.2 Å². The lowest BCUT2D eigenvalue weighted by molar-refractivity contribution is -0.138. The van der Waals surface area contributed by atoms with Gasteiger partial charge in [-0.05, 0) is 18.7 Å². The zero-order valence-electron chi connectivity index (χ0n) is 10.2. The van der Waals surface area contributed by atoms with Crippen molar-refractivity contribution in [3.63, 3.8) is 0 Å². The van der Waals surface area contributed by atoms with Crippen LogP contribution < -0.4 is 5.32 Å². The van der Waals surface area contributed by atoms with E-state index >= 15 is 0 Å². The number of hydrogen-bond acceptors (Lipinski definition) is 3. The Morgan fingerprint density at radius 3 is 2.63 bits per heavy atom. The first-order chi connectivity index (χ1) is 9.02. The third-order valence-corrected chi connectivity index (χ3v) is 3.65. The summed E-state index contributed by atoms with van der Waals surface area (Å²) >= 11 is 1.44. The minimum atomic E-state index is -4.34. The Hall–Kier alpha value is -1.40. The monoisotopic (exact) mass is 286 g/mol. The zero-order chi connectivity index (χ0) is 13.9. The molecule has 0 aliphatic rings. The number of likely N-dealkylation sites (N-methyl/N-ethyl adjacent to an activating group) is 1. The molecule has 2 nitrogen and oxygen atoms in total. The normalized spacial score (nSPS) is 13.5. The highest BCUT2D eigenvalue weighted by Gasteiger charge is 2.34. The number of benzene rings is 1. The van der Waals surface area contributed by atoms with Crippen molar-refractivity contribution >= 4 is 11.3 Å². The van der Waals surface area contributed by atoms with E-state index in [1.165, 1.54) is 23.5 Å². The molecule has 2 aromatic rings. The predicted molar refractivity (Wildman–Crippen MR) is 69.1 cm³/mol. The van der Waals surface area contributed by atoms with Gasteiger partial charge in [-0.15, -0.1) is 11.3 Å². The van der Waals surface area contributed by atoms with Crippen molar-refractivity contribution in [3.8, 4) is 0 Å². The van der Waals surface area contributed by atoms with Crippen molar-refractivity contribution in [2.75, 3.05) is 7.05 Å². The lowest BCUT2D eigenvalue weighted by atomic mass is 9.98. The molecule has 1 aromatic heterocycles. The standard InChI is InChI=1S/C13H13F3N2S/c1-17-11(8-12-18-6-7-19-12)9-4-2-3-5-10(9)13(14,15)16/h2-7,11,17H,8H2,1H3. The maximum absolute atomic E-state index is 13.0. The van der Waals surface area contributed by atoms with E-state index < -0.39 is 17.8 Å². The van der Waals surface area contributed by atoms with Gasteiger partial charge in [0, 0.05) is 24.0 Å². The molecule has 0 bridgehead atoms. The van der Waals surface area contributed by atoms with E-state index in [4.69, 9.17) is 0 Å². The average molecular weight is 286 g/mol. The Morgan fingerprint density at radius 1 is 1.32 bits per heavy atom. The van der Waals surface area contributed by atoms with Gasteiger partial charge < -0.3 is 5.32 Å². The second-order valence-electron chi connectivity index (χ2n) is 4.06. The van der Waals surface area contributed by atoms with E-state index in [-0.39, 0.29) is 5.56 Å². The summed E-state index contributed by atoms with van der Waals surface area (Å²) in [4.78, 5) is 4.12. The molecule has 1 heterocycles. The van der Waals surface area contributed by atoms with Gasteiger partial charge in [-0.2, -0.15) is 13.2 Å². The highest BCUT2D eigenvalue weighted by atomic mass is 32.1. The van der Waals surface area contributed by atoms with Crippen LogP contribution in [0.15, 0.2) is 35.8 Å². The van der Waals surface area contributed by atoms with Crippen LogP contribution in [0.5, 0.6) is 0 Å². The Bertz CT molecular complexity index is 523. The Kier molecular flexibility index (Phi) is 4.21. The lowest BCUT2D eigenvalue weighted by Crippen LogP contribution is -2.22. The summed E-state index contributed by atoms with van der Waals surface area (Å²) in [6.07, 6.45) is -2.24. The predicted octanol–water partition coefficient (Wildman–Crippen LogP) is 3.67. The first-order valence-electron chi connectivity index (χ1n) is 5.74. The maximum atomic E-state index is 13.0. The van der Waals surface area contributed by atoms with Crippen LogP contribution >= 0.6 is 11.3 Å². The molecule has 1 atom stereocenters. The van der Waals surface area contributed by atoms with Gasteiger partial charge in [0.1, 0.15) is 0 Å². The van der Waals surface area contributed by atoms with Crippen molar-refractivity contribution in [3.05, 3.63) is 52.0 Å². The molecule has 0 aliphatic carbocycles. The molecule has 0 spiro atoms. The second kappa shape index (κ2) is 5.71. The number of nitrogens with zero attached hydrogens (tertiary/aromatic N) is 1. The molecule has 1 unspecified atom stereocenters. The van der Waals surface area contributed by atoms with Crippen molar-refractivity contribution < 1.29 is 13.2 Å². The fourth-order valence-electron chi connectivity index (χ4n) is 1.95. The molecule has 2 rings (SSSR count). The molecule has 1 aromatic carbocycles. The van der Waals surface area contributed by atoms with Gasteiger partial charge in [0.25, 0.3) is 0 Å². The number of halogens is 3. The van der Waals surface area contributed by atoms with Crippen molar-refractivity contribution in [2.45, 2.75) is 18.6 Å².